The van der Waals surface area contributed by atoms with E-state index in [0.717, 1.165) is 27.9 Å². The van der Waals surface area contributed by atoms with Crippen LogP contribution in [0.3, 0.4) is 0 Å². The summed E-state index contributed by atoms with van der Waals surface area (Å²) >= 11 is 2.47. The maximum atomic E-state index is 4.72. The molecule has 0 fully saturated rings. The molecule has 0 aliphatic rings. The van der Waals surface area contributed by atoms with Gasteiger partial charge in [-0.05, 0) is 23.7 Å². The quantitative estimate of drug-likeness (QED) is 0.377. The summed E-state index contributed by atoms with van der Waals surface area (Å²) in [5.74, 6) is 0. The van der Waals surface area contributed by atoms with Crippen LogP contribution in [0.4, 0.5) is 5.00 Å². The van der Waals surface area contributed by atoms with E-state index in [1.807, 2.05) is 24.3 Å². The first kappa shape index (κ1) is 9.72. The van der Waals surface area contributed by atoms with E-state index in [0.29, 0.717) is 0 Å². The van der Waals surface area contributed by atoms with Gasteiger partial charge in [-0.3, -0.25) is 0 Å². The van der Waals surface area contributed by atoms with Gasteiger partial charge in [0.1, 0.15) is 5.00 Å². The minimum atomic E-state index is 0.842. The lowest BCUT2D eigenvalue weighted by Gasteiger charge is -1.99. The number of fused-ring (bicyclic) bond motifs is 1. The highest BCUT2D eigenvalue weighted by atomic mass is 32.2. The average Bonchev–Trinajstić information content (AvgIpc) is 2.63. The Bertz CT molecular complexity index is 418. The second kappa shape index (κ2) is 4.61. The lowest BCUT2D eigenvalue weighted by atomic mass is 10.2. The van der Waals surface area contributed by atoms with Crippen molar-refractivity contribution in [3.05, 3.63) is 24.3 Å². The van der Waals surface area contributed by atoms with E-state index < -0.39 is 0 Å². The molecule has 0 aliphatic heterocycles. The molecule has 4 nitrogen and oxygen atoms in total. The minimum absolute atomic E-state index is 0.842. The van der Waals surface area contributed by atoms with Gasteiger partial charge in [-0.15, -0.1) is 9.32 Å². The molecule has 0 saturated heterocycles. The molecule has 74 valence electrons. The first-order valence-electron chi connectivity index (χ1n) is 3.88. The van der Waals surface area contributed by atoms with Gasteiger partial charge >= 0.3 is 0 Å². The lowest BCUT2D eigenvalue weighted by Crippen LogP contribution is -1.96. The Morgan fingerprint density at radius 2 is 2.29 bits per heavy atom. The van der Waals surface area contributed by atoms with Gasteiger partial charge < -0.3 is 0 Å². The summed E-state index contributed by atoms with van der Waals surface area (Å²) in [5, 5.41) is 1.87. The van der Waals surface area contributed by atoms with E-state index in [1.54, 1.807) is 6.26 Å². The fraction of sp³-hybridized carbons (Fsp3) is 0.125. The Kier molecular flexibility index (Phi) is 3.20. The van der Waals surface area contributed by atoms with E-state index in [1.165, 1.54) is 11.5 Å². The van der Waals surface area contributed by atoms with Crippen LogP contribution in [-0.2, 0) is 9.32 Å². The summed E-state index contributed by atoms with van der Waals surface area (Å²) in [6, 6.07) is 7.83. The zero-order chi connectivity index (χ0) is 9.80. The number of nitrogens with one attached hydrogen (secondary N) is 1. The molecule has 0 radical (unpaired) electrons. The third kappa shape index (κ3) is 1.98. The van der Waals surface area contributed by atoms with E-state index >= 15 is 0 Å². The molecule has 0 unspecified atom stereocenters. The highest BCUT2D eigenvalue weighted by Crippen LogP contribution is 2.27. The Morgan fingerprint density at radius 1 is 1.43 bits per heavy atom. The number of rotatable bonds is 4. The second-order valence-electron chi connectivity index (χ2n) is 2.45. The van der Waals surface area contributed by atoms with E-state index in [-0.39, 0.29) is 0 Å². The Balaban J connectivity index is 2.17. The largest absolute Gasteiger partial charge is 0.222 e. The summed E-state index contributed by atoms with van der Waals surface area (Å²) < 4.78 is 8.87. The molecular weight excluding hydrogens is 220 g/mol. The topological polar surface area (TPSA) is 43.4 Å². The molecule has 0 aliphatic carbocycles. The molecule has 14 heavy (non-hydrogen) atoms. The standard InChI is InChI=1S/C8H8N2O2S2/c1-13-12-11-9-8-6-4-2-3-5-7(6)10-14-8/h2-5,9H,1H3. The highest BCUT2D eigenvalue weighted by Gasteiger charge is 2.04. The molecular formula is C8H8N2O2S2. The Morgan fingerprint density at radius 3 is 3.14 bits per heavy atom. The molecule has 0 spiro atoms. The first-order chi connectivity index (χ1) is 6.92. The van der Waals surface area contributed by atoms with Crippen LogP contribution in [-0.4, -0.2) is 10.6 Å². The highest BCUT2D eigenvalue weighted by molar-refractivity contribution is 7.93. The molecule has 0 saturated carbocycles. The predicted molar refractivity (Wildman–Crippen MR) is 58.9 cm³/mol. The summed E-state index contributed by atoms with van der Waals surface area (Å²) in [6.45, 7) is 0. The van der Waals surface area contributed by atoms with Crippen molar-refractivity contribution in [2.45, 2.75) is 0 Å². The van der Waals surface area contributed by atoms with Crippen molar-refractivity contribution in [3.63, 3.8) is 0 Å². The normalized spacial score (nSPS) is 10.6. The number of aromatic nitrogens is 1. The molecule has 6 heteroatoms. The van der Waals surface area contributed by atoms with Crippen LogP contribution >= 0.6 is 23.6 Å². The zero-order valence-corrected chi connectivity index (χ0v) is 9.02. The average molecular weight is 228 g/mol. The van der Waals surface area contributed by atoms with Crippen molar-refractivity contribution in [1.82, 2.24) is 4.37 Å². The van der Waals surface area contributed by atoms with Crippen molar-refractivity contribution in [1.29, 1.82) is 0 Å². The Hall–Kier alpha value is -0.820. The molecule has 1 N–H and O–H groups in total. The summed E-state index contributed by atoms with van der Waals surface area (Å²) in [6.07, 6.45) is 1.77. The predicted octanol–water partition coefficient (Wildman–Crippen LogP) is 2.85. The molecule has 0 bridgehead atoms. The van der Waals surface area contributed by atoms with Gasteiger partial charge in [0, 0.05) is 23.7 Å². The molecule has 1 heterocycles. The van der Waals surface area contributed by atoms with E-state index in [9.17, 15) is 0 Å². The second-order valence-corrected chi connectivity index (χ2v) is 3.69. The summed E-state index contributed by atoms with van der Waals surface area (Å²) in [5.41, 5.74) is 3.63. The van der Waals surface area contributed by atoms with Crippen LogP contribution in [0.5, 0.6) is 0 Å². The Labute approximate surface area is 89.5 Å². The van der Waals surface area contributed by atoms with Crippen molar-refractivity contribution in [3.8, 4) is 0 Å². The van der Waals surface area contributed by atoms with Crippen molar-refractivity contribution in [2.75, 3.05) is 11.7 Å². The molecule has 0 amide bonds. The fourth-order valence-electron chi connectivity index (χ4n) is 1.05. The number of hydrogen-bond donors (Lipinski definition) is 1. The van der Waals surface area contributed by atoms with Crippen molar-refractivity contribution < 1.29 is 9.32 Å². The van der Waals surface area contributed by atoms with E-state index in [4.69, 9.17) is 4.99 Å². The molecule has 2 rings (SSSR count). The third-order valence-corrected chi connectivity index (χ3v) is 2.60. The van der Waals surface area contributed by atoms with E-state index in [2.05, 4.69) is 14.2 Å². The molecule has 1 aromatic heterocycles. The van der Waals surface area contributed by atoms with Crippen LogP contribution < -0.4 is 5.48 Å². The number of nitrogens with zero attached hydrogens (tertiary/aromatic N) is 1. The zero-order valence-electron chi connectivity index (χ0n) is 7.39. The number of hydrogen-bond acceptors (Lipinski definition) is 6. The molecule has 2 aromatic rings. The van der Waals surface area contributed by atoms with Gasteiger partial charge in [-0.25, -0.2) is 5.48 Å². The minimum Gasteiger partial charge on any atom is -0.222 e. The first-order valence-corrected chi connectivity index (χ1v) is 5.81. The number of benzene rings is 1. The maximum absolute atomic E-state index is 4.72. The smallest absolute Gasteiger partial charge is 0.144 e. The molecule has 0 atom stereocenters. The summed E-state index contributed by atoms with van der Waals surface area (Å²) in [4.78, 5) is 4.72. The van der Waals surface area contributed by atoms with Crippen LogP contribution in [0.2, 0.25) is 0 Å². The van der Waals surface area contributed by atoms with Crippen LogP contribution in [0.1, 0.15) is 0 Å². The number of anilines is 1. The van der Waals surface area contributed by atoms with Gasteiger partial charge in [-0.1, -0.05) is 12.1 Å². The van der Waals surface area contributed by atoms with Gasteiger partial charge in [0.25, 0.3) is 0 Å². The van der Waals surface area contributed by atoms with Gasteiger partial charge in [-0.2, -0.15) is 4.37 Å². The van der Waals surface area contributed by atoms with Gasteiger partial charge in [0.2, 0.25) is 0 Å². The maximum Gasteiger partial charge on any atom is 0.144 e. The van der Waals surface area contributed by atoms with Crippen LogP contribution in [0.15, 0.2) is 24.3 Å². The van der Waals surface area contributed by atoms with Crippen molar-refractivity contribution >= 4 is 39.5 Å². The van der Waals surface area contributed by atoms with Gasteiger partial charge in [0.05, 0.1) is 5.52 Å². The summed E-state index contributed by atoms with van der Waals surface area (Å²) in [7, 11) is 0. The third-order valence-electron chi connectivity index (χ3n) is 1.62. The fourth-order valence-corrected chi connectivity index (χ4v) is 1.84. The SMILES string of the molecule is CSOONc1snc2ccccc12. The monoisotopic (exact) mass is 228 g/mol. The molecule has 1 aromatic carbocycles. The van der Waals surface area contributed by atoms with Crippen molar-refractivity contribution in [2.24, 2.45) is 0 Å². The van der Waals surface area contributed by atoms with Crippen LogP contribution in [0, 0.1) is 0 Å². The van der Waals surface area contributed by atoms with Crippen LogP contribution in [0.25, 0.3) is 10.9 Å². The van der Waals surface area contributed by atoms with Gasteiger partial charge in [0.15, 0.2) is 0 Å². The lowest BCUT2D eigenvalue weighted by molar-refractivity contribution is -0.159.